The Hall–Kier alpha value is -4.20. The molecular formula is C33H33N3O4. The minimum absolute atomic E-state index is 0.0739. The molecule has 0 aliphatic carbocycles. The van der Waals surface area contributed by atoms with Gasteiger partial charge in [-0.05, 0) is 64.6 Å². The van der Waals surface area contributed by atoms with Gasteiger partial charge >= 0.3 is 0 Å². The summed E-state index contributed by atoms with van der Waals surface area (Å²) < 4.78 is 5.79. The molecule has 0 aromatic heterocycles. The van der Waals surface area contributed by atoms with Crippen molar-refractivity contribution in [3.8, 4) is 5.75 Å². The van der Waals surface area contributed by atoms with Crippen molar-refractivity contribution in [2.45, 2.75) is 45.1 Å². The van der Waals surface area contributed by atoms with Crippen LogP contribution < -0.4 is 15.4 Å². The van der Waals surface area contributed by atoms with Crippen LogP contribution in [0.5, 0.6) is 5.75 Å². The lowest BCUT2D eigenvalue weighted by Gasteiger charge is -2.30. The number of hydrogen-bond donors (Lipinski definition) is 3. The van der Waals surface area contributed by atoms with Crippen LogP contribution in [0.3, 0.4) is 0 Å². The number of carbonyl (C=O) groups excluding carboxylic acids is 2. The molecular weight excluding hydrogens is 502 g/mol. The molecule has 6 rings (SSSR count). The van der Waals surface area contributed by atoms with Crippen molar-refractivity contribution >= 4 is 22.6 Å². The van der Waals surface area contributed by atoms with Crippen LogP contribution in [0.25, 0.3) is 10.8 Å². The van der Waals surface area contributed by atoms with E-state index in [1.54, 1.807) is 17.0 Å². The smallest absolute Gasteiger partial charge is 0.255 e. The lowest BCUT2D eigenvalue weighted by Crippen LogP contribution is -2.49. The maximum atomic E-state index is 13.3. The first-order valence-corrected chi connectivity index (χ1v) is 13.8. The summed E-state index contributed by atoms with van der Waals surface area (Å²) in [6.45, 7) is 3.90. The van der Waals surface area contributed by atoms with Crippen molar-refractivity contribution in [3.63, 3.8) is 0 Å². The molecule has 2 atom stereocenters. The average molecular weight is 536 g/mol. The minimum atomic E-state index is -0.749. The largest absolute Gasteiger partial charge is 0.493 e. The second-order valence-corrected chi connectivity index (χ2v) is 10.5. The minimum Gasteiger partial charge on any atom is -0.493 e. The Morgan fingerprint density at radius 1 is 1.02 bits per heavy atom. The Morgan fingerprint density at radius 3 is 2.62 bits per heavy atom. The first kappa shape index (κ1) is 26.0. The van der Waals surface area contributed by atoms with Crippen molar-refractivity contribution in [2.24, 2.45) is 0 Å². The Morgan fingerprint density at radius 2 is 1.80 bits per heavy atom. The van der Waals surface area contributed by atoms with Crippen LogP contribution in [0, 0.1) is 0 Å². The van der Waals surface area contributed by atoms with Gasteiger partial charge in [0.25, 0.3) is 11.8 Å². The first-order chi connectivity index (χ1) is 19.5. The highest BCUT2D eigenvalue weighted by Crippen LogP contribution is 2.32. The zero-order chi connectivity index (χ0) is 27.6. The van der Waals surface area contributed by atoms with Gasteiger partial charge in [-0.2, -0.15) is 0 Å². The number of aliphatic hydroxyl groups excluding tert-OH is 1. The highest BCUT2D eigenvalue weighted by atomic mass is 16.5. The maximum Gasteiger partial charge on any atom is 0.255 e. The number of rotatable bonds is 8. The van der Waals surface area contributed by atoms with Crippen LogP contribution >= 0.6 is 0 Å². The second kappa shape index (κ2) is 11.1. The van der Waals surface area contributed by atoms with Gasteiger partial charge in [0, 0.05) is 37.8 Å². The number of fused-ring (bicyclic) bond motifs is 3. The number of hydrogen-bond acceptors (Lipinski definition) is 5. The van der Waals surface area contributed by atoms with Gasteiger partial charge in [-0.3, -0.25) is 9.59 Å². The summed E-state index contributed by atoms with van der Waals surface area (Å²) >= 11 is 0. The SMILES string of the molecule is CCOc1cc2c(cc1C(=O)NC[C@@H](O)[C@@H]1Cc3ccccc3CN1)CN(Cc1ccc3ccccc3c1)C2=O. The topological polar surface area (TPSA) is 90.9 Å². The first-order valence-electron chi connectivity index (χ1n) is 13.8. The molecule has 2 aliphatic heterocycles. The van der Waals surface area contributed by atoms with Crippen molar-refractivity contribution < 1.29 is 19.4 Å². The van der Waals surface area contributed by atoms with E-state index in [9.17, 15) is 14.7 Å². The van der Waals surface area contributed by atoms with Crippen LogP contribution in [-0.2, 0) is 26.1 Å². The summed E-state index contributed by atoms with van der Waals surface area (Å²) in [5, 5.41) is 19.4. The molecule has 204 valence electrons. The molecule has 0 saturated heterocycles. The molecule has 0 spiro atoms. The summed E-state index contributed by atoms with van der Waals surface area (Å²) in [5.74, 6) is -0.0315. The molecule has 0 fully saturated rings. The monoisotopic (exact) mass is 535 g/mol. The third kappa shape index (κ3) is 5.18. The molecule has 7 heteroatoms. The van der Waals surface area contributed by atoms with Gasteiger partial charge in [0.2, 0.25) is 0 Å². The quantitative estimate of drug-likeness (QED) is 0.315. The molecule has 0 unspecified atom stereocenters. The van der Waals surface area contributed by atoms with E-state index in [0.717, 1.165) is 21.9 Å². The van der Waals surface area contributed by atoms with Crippen LogP contribution in [0.4, 0.5) is 0 Å². The van der Waals surface area contributed by atoms with Gasteiger partial charge in [-0.25, -0.2) is 0 Å². The molecule has 4 aromatic rings. The molecule has 4 aromatic carbocycles. The number of ether oxygens (including phenoxy) is 1. The molecule has 3 N–H and O–H groups in total. The Bertz CT molecular complexity index is 1580. The van der Waals surface area contributed by atoms with E-state index in [2.05, 4.69) is 47.0 Å². The van der Waals surface area contributed by atoms with Gasteiger partial charge in [-0.1, -0.05) is 60.7 Å². The van der Waals surface area contributed by atoms with E-state index in [1.165, 1.54) is 11.1 Å². The maximum absolute atomic E-state index is 13.3. The van der Waals surface area contributed by atoms with Crippen LogP contribution in [0.15, 0.2) is 78.9 Å². The fraction of sp³-hybridized carbons (Fsp3) is 0.273. The fourth-order valence-electron chi connectivity index (χ4n) is 5.73. The zero-order valence-corrected chi connectivity index (χ0v) is 22.5. The lowest BCUT2D eigenvalue weighted by atomic mass is 9.93. The Balaban J connectivity index is 1.15. The fourth-order valence-corrected chi connectivity index (χ4v) is 5.73. The van der Waals surface area contributed by atoms with Gasteiger partial charge in [0.15, 0.2) is 0 Å². The number of nitrogens with one attached hydrogen (secondary N) is 2. The van der Waals surface area contributed by atoms with Crippen molar-refractivity contribution in [1.29, 1.82) is 0 Å². The van der Waals surface area contributed by atoms with E-state index in [-0.39, 0.29) is 24.4 Å². The van der Waals surface area contributed by atoms with E-state index >= 15 is 0 Å². The Kier molecular flexibility index (Phi) is 7.24. The van der Waals surface area contributed by atoms with E-state index in [1.807, 2.05) is 37.3 Å². The zero-order valence-electron chi connectivity index (χ0n) is 22.5. The van der Waals surface area contributed by atoms with Gasteiger partial charge in [0.05, 0.1) is 18.3 Å². The van der Waals surface area contributed by atoms with Crippen LogP contribution in [0.1, 0.15) is 49.9 Å². The molecule has 40 heavy (non-hydrogen) atoms. The molecule has 7 nitrogen and oxygen atoms in total. The molecule has 0 bridgehead atoms. The summed E-state index contributed by atoms with van der Waals surface area (Å²) in [4.78, 5) is 28.4. The highest BCUT2D eigenvalue weighted by Gasteiger charge is 2.31. The Labute approximate surface area is 233 Å². The molecule has 2 amide bonds. The lowest BCUT2D eigenvalue weighted by molar-refractivity contribution is 0.0766. The number of carbonyl (C=O) groups is 2. The average Bonchev–Trinajstić information content (AvgIpc) is 3.28. The normalized spacial score (nSPS) is 16.9. The standard InChI is InChI=1S/C33H33N3O4/c1-2-40-31-16-27-26(20-36(33(27)39)19-21-11-12-22-7-3-4-8-23(22)13-21)14-28(31)32(38)35-18-30(37)29-15-24-9-5-6-10-25(24)17-34-29/h3-14,16,29-30,34,37H,2,15,17-20H2,1H3,(H,35,38)/t29-,30+/m0/s1. The number of amides is 2. The third-order valence-electron chi connectivity index (χ3n) is 7.87. The van der Waals surface area contributed by atoms with Gasteiger partial charge in [-0.15, -0.1) is 0 Å². The molecule has 0 saturated carbocycles. The molecule has 2 aliphatic rings. The van der Waals surface area contributed by atoms with E-state index in [4.69, 9.17) is 4.74 Å². The predicted octanol–water partition coefficient (Wildman–Crippen LogP) is 4.20. The van der Waals surface area contributed by atoms with Crippen LogP contribution in [-0.4, -0.2) is 47.1 Å². The van der Waals surface area contributed by atoms with Crippen molar-refractivity contribution in [3.05, 3.63) is 112 Å². The summed E-state index contributed by atoms with van der Waals surface area (Å²) in [6.07, 6.45) is -0.0490. The third-order valence-corrected chi connectivity index (χ3v) is 7.87. The van der Waals surface area contributed by atoms with Crippen molar-refractivity contribution in [2.75, 3.05) is 13.2 Å². The van der Waals surface area contributed by atoms with Crippen molar-refractivity contribution in [1.82, 2.24) is 15.5 Å². The summed E-state index contributed by atoms with van der Waals surface area (Å²) in [5.41, 5.74) is 5.23. The molecule has 2 heterocycles. The second-order valence-electron chi connectivity index (χ2n) is 10.5. The predicted molar refractivity (Wildman–Crippen MR) is 154 cm³/mol. The summed E-state index contributed by atoms with van der Waals surface area (Å²) in [7, 11) is 0. The number of aliphatic hydroxyl groups is 1. The van der Waals surface area contributed by atoms with E-state index in [0.29, 0.717) is 49.5 Å². The molecule has 0 radical (unpaired) electrons. The summed E-state index contributed by atoms with van der Waals surface area (Å²) in [6, 6.07) is 25.9. The van der Waals surface area contributed by atoms with Crippen LogP contribution in [0.2, 0.25) is 0 Å². The van der Waals surface area contributed by atoms with Gasteiger partial charge < -0.3 is 25.4 Å². The number of benzene rings is 4. The highest BCUT2D eigenvalue weighted by molar-refractivity contribution is 6.03. The number of nitrogens with zero attached hydrogens (tertiary/aromatic N) is 1. The van der Waals surface area contributed by atoms with E-state index < -0.39 is 6.10 Å². The van der Waals surface area contributed by atoms with Gasteiger partial charge in [0.1, 0.15) is 5.75 Å².